The third-order valence-electron chi connectivity index (χ3n) is 5.93. The van der Waals surface area contributed by atoms with Crippen molar-refractivity contribution < 1.29 is 4.79 Å². The fourth-order valence-electron chi connectivity index (χ4n) is 4.59. The Morgan fingerprint density at radius 2 is 2.00 bits per heavy atom. The molecule has 0 saturated carbocycles. The van der Waals surface area contributed by atoms with Gasteiger partial charge in [-0.25, -0.2) is 4.98 Å². The van der Waals surface area contributed by atoms with Crippen molar-refractivity contribution in [2.24, 2.45) is 5.92 Å². The van der Waals surface area contributed by atoms with Gasteiger partial charge in [-0.05, 0) is 38.0 Å². The number of hydrogen-bond acceptors (Lipinski definition) is 6. The number of nitrogens with one attached hydrogen (secondary N) is 1. The quantitative estimate of drug-likeness (QED) is 0.887. The lowest BCUT2D eigenvalue weighted by molar-refractivity contribution is -0.132. The first kappa shape index (κ1) is 17.2. The summed E-state index contributed by atoms with van der Waals surface area (Å²) in [6.45, 7) is 5.63. The molecule has 2 bridgehead atoms. The second-order valence-electron chi connectivity index (χ2n) is 7.75. The predicted molar refractivity (Wildman–Crippen MR) is 100.0 cm³/mol. The molecular weight excluding hydrogens is 334 g/mol. The molecule has 4 heterocycles. The van der Waals surface area contributed by atoms with Crippen molar-refractivity contribution in [2.45, 2.75) is 64.0 Å². The molecule has 138 valence electrons. The van der Waals surface area contributed by atoms with E-state index < -0.39 is 0 Å². The number of hydrogen-bond donors (Lipinski definition) is 1. The van der Waals surface area contributed by atoms with Crippen LogP contribution in [0.1, 0.15) is 51.3 Å². The van der Waals surface area contributed by atoms with Crippen molar-refractivity contribution in [3.8, 4) is 0 Å². The van der Waals surface area contributed by atoms with Gasteiger partial charge in [-0.3, -0.25) is 4.79 Å². The Labute approximate surface area is 154 Å². The van der Waals surface area contributed by atoms with Gasteiger partial charge < -0.3 is 15.1 Å². The SMILES string of the molecule is CCc1nsc(N2CCCN(C(=O)CC3CC4CCC(C3)N4)CC2)n1. The van der Waals surface area contributed by atoms with E-state index in [1.165, 1.54) is 37.2 Å². The molecule has 3 aliphatic rings. The average molecular weight is 364 g/mol. The van der Waals surface area contributed by atoms with Gasteiger partial charge in [-0.15, -0.1) is 0 Å². The first-order valence-corrected chi connectivity index (χ1v) is 10.6. The molecule has 4 rings (SSSR count). The smallest absolute Gasteiger partial charge is 0.222 e. The van der Waals surface area contributed by atoms with E-state index in [4.69, 9.17) is 0 Å². The molecule has 0 aromatic carbocycles. The highest BCUT2D eigenvalue weighted by Crippen LogP contribution is 2.33. The van der Waals surface area contributed by atoms with Gasteiger partial charge in [-0.1, -0.05) is 6.92 Å². The molecule has 3 fully saturated rings. The topological polar surface area (TPSA) is 61.4 Å². The summed E-state index contributed by atoms with van der Waals surface area (Å²) in [6, 6.07) is 1.34. The molecular formula is C18H29N5OS. The Hall–Kier alpha value is -1.21. The van der Waals surface area contributed by atoms with Gasteiger partial charge in [-0.2, -0.15) is 4.37 Å². The third-order valence-corrected chi connectivity index (χ3v) is 6.74. The van der Waals surface area contributed by atoms with Crippen molar-refractivity contribution >= 4 is 22.6 Å². The van der Waals surface area contributed by atoms with Gasteiger partial charge in [0.25, 0.3) is 0 Å². The maximum atomic E-state index is 12.8. The van der Waals surface area contributed by atoms with Gasteiger partial charge in [0, 0.05) is 62.6 Å². The Morgan fingerprint density at radius 3 is 2.72 bits per heavy atom. The zero-order valence-electron chi connectivity index (χ0n) is 15.1. The van der Waals surface area contributed by atoms with Crippen LogP contribution in [0.2, 0.25) is 0 Å². The number of carbonyl (C=O) groups is 1. The zero-order chi connectivity index (χ0) is 17.2. The molecule has 3 aliphatic heterocycles. The van der Waals surface area contributed by atoms with Crippen LogP contribution in [-0.2, 0) is 11.2 Å². The average Bonchev–Trinajstić information content (AvgIpc) is 3.13. The van der Waals surface area contributed by atoms with E-state index >= 15 is 0 Å². The Morgan fingerprint density at radius 1 is 1.20 bits per heavy atom. The van der Waals surface area contributed by atoms with Gasteiger partial charge in [0.15, 0.2) is 0 Å². The summed E-state index contributed by atoms with van der Waals surface area (Å²) in [4.78, 5) is 21.8. The second-order valence-corrected chi connectivity index (χ2v) is 8.48. The number of aromatic nitrogens is 2. The van der Waals surface area contributed by atoms with Crippen LogP contribution in [0, 0.1) is 5.92 Å². The number of anilines is 1. The lowest BCUT2D eigenvalue weighted by Gasteiger charge is -2.30. The molecule has 6 nitrogen and oxygen atoms in total. The molecule has 7 heteroatoms. The van der Waals surface area contributed by atoms with E-state index in [0.717, 1.165) is 56.4 Å². The zero-order valence-corrected chi connectivity index (χ0v) is 15.9. The summed E-state index contributed by atoms with van der Waals surface area (Å²) in [6.07, 6.45) is 7.62. The van der Waals surface area contributed by atoms with Crippen LogP contribution < -0.4 is 10.2 Å². The summed E-state index contributed by atoms with van der Waals surface area (Å²) in [7, 11) is 0. The maximum absolute atomic E-state index is 12.8. The first-order chi connectivity index (χ1) is 12.2. The molecule has 1 amide bonds. The Bertz CT molecular complexity index is 594. The van der Waals surface area contributed by atoms with Crippen LogP contribution in [0.15, 0.2) is 0 Å². The molecule has 0 aliphatic carbocycles. The molecule has 25 heavy (non-hydrogen) atoms. The van der Waals surface area contributed by atoms with Crippen LogP contribution in [-0.4, -0.2) is 58.4 Å². The fraction of sp³-hybridized carbons (Fsp3) is 0.833. The minimum atomic E-state index is 0.361. The minimum absolute atomic E-state index is 0.361. The molecule has 1 aromatic rings. The number of piperidine rings is 1. The second kappa shape index (κ2) is 7.58. The standard InChI is InChI=1S/C18H29N5OS/c1-2-16-20-18(25-21-16)23-7-3-6-22(8-9-23)17(24)12-13-10-14-4-5-15(11-13)19-14/h13-15,19H,2-12H2,1H3. The van der Waals surface area contributed by atoms with E-state index in [2.05, 4.69) is 31.4 Å². The van der Waals surface area contributed by atoms with Crippen LogP contribution in [0.5, 0.6) is 0 Å². The molecule has 0 radical (unpaired) electrons. The molecule has 0 spiro atoms. The Balaban J connectivity index is 1.30. The lowest BCUT2D eigenvalue weighted by Crippen LogP contribution is -2.41. The number of amides is 1. The highest BCUT2D eigenvalue weighted by Gasteiger charge is 2.35. The first-order valence-electron chi connectivity index (χ1n) is 9.82. The largest absolute Gasteiger partial charge is 0.345 e. The normalized spacial score (nSPS) is 29.7. The van der Waals surface area contributed by atoms with E-state index in [9.17, 15) is 4.79 Å². The Kier molecular flexibility index (Phi) is 5.22. The van der Waals surface area contributed by atoms with Crippen molar-refractivity contribution in [1.29, 1.82) is 0 Å². The minimum Gasteiger partial charge on any atom is -0.345 e. The molecule has 2 atom stereocenters. The number of rotatable bonds is 4. The highest BCUT2D eigenvalue weighted by molar-refractivity contribution is 7.09. The van der Waals surface area contributed by atoms with Crippen LogP contribution in [0.4, 0.5) is 5.13 Å². The van der Waals surface area contributed by atoms with Crippen LogP contribution >= 0.6 is 11.5 Å². The summed E-state index contributed by atoms with van der Waals surface area (Å²) < 4.78 is 4.39. The van der Waals surface area contributed by atoms with Gasteiger partial charge >= 0.3 is 0 Å². The fourth-order valence-corrected chi connectivity index (χ4v) is 5.39. The van der Waals surface area contributed by atoms with Crippen molar-refractivity contribution in [2.75, 3.05) is 31.1 Å². The van der Waals surface area contributed by atoms with E-state index in [1.54, 1.807) is 0 Å². The van der Waals surface area contributed by atoms with Gasteiger partial charge in [0.2, 0.25) is 11.0 Å². The van der Waals surface area contributed by atoms with Gasteiger partial charge in [0.1, 0.15) is 5.82 Å². The predicted octanol–water partition coefficient (Wildman–Crippen LogP) is 2.06. The third kappa shape index (κ3) is 3.97. The van der Waals surface area contributed by atoms with Gasteiger partial charge in [0.05, 0.1) is 0 Å². The number of nitrogens with zero attached hydrogens (tertiary/aromatic N) is 4. The summed E-state index contributed by atoms with van der Waals surface area (Å²) in [5.41, 5.74) is 0. The lowest BCUT2D eigenvalue weighted by atomic mass is 9.89. The number of fused-ring (bicyclic) bond motifs is 2. The van der Waals surface area contributed by atoms with E-state index in [1.807, 2.05) is 0 Å². The van der Waals surface area contributed by atoms with E-state index in [0.29, 0.717) is 23.9 Å². The van der Waals surface area contributed by atoms with Crippen LogP contribution in [0.25, 0.3) is 0 Å². The summed E-state index contributed by atoms with van der Waals surface area (Å²) in [5, 5.41) is 4.69. The van der Waals surface area contributed by atoms with Crippen LogP contribution in [0.3, 0.4) is 0 Å². The number of aryl methyl sites for hydroxylation is 1. The monoisotopic (exact) mass is 363 g/mol. The van der Waals surface area contributed by atoms with Crippen molar-refractivity contribution in [3.05, 3.63) is 5.82 Å². The van der Waals surface area contributed by atoms with Crippen molar-refractivity contribution in [1.82, 2.24) is 19.6 Å². The number of carbonyl (C=O) groups excluding carboxylic acids is 1. The molecule has 1 aromatic heterocycles. The summed E-state index contributed by atoms with van der Waals surface area (Å²) in [5.74, 6) is 1.87. The van der Waals surface area contributed by atoms with Crippen molar-refractivity contribution in [3.63, 3.8) is 0 Å². The molecule has 1 N–H and O–H groups in total. The molecule has 2 unspecified atom stereocenters. The molecule has 3 saturated heterocycles. The van der Waals surface area contributed by atoms with E-state index in [-0.39, 0.29) is 0 Å². The summed E-state index contributed by atoms with van der Waals surface area (Å²) >= 11 is 1.49. The highest BCUT2D eigenvalue weighted by atomic mass is 32.1. The maximum Gasteiger partial charge on any atom is 0.222 e.